The van der Waals surface area contributed by atoms with Crippen LogP contribution in [0.15, 0.2) is 48.5 Å². The van der Waals surface area contributed by atoms with E-state index in [1.165, 1.54) is 5.56 Å². The maximum atomic E-state index is 12.8. The molecule has 1 fully saturated rings. The number of hydrogen-bond donors (Lipinski definition) is 0. The summed E-state index contributed by atoms with van der Waals surface area (Å²) in [5, 5.41) is 0. The number of likely N-dealkylation sites (tertiary alicyclic amines) is 1. The Bertz CT molecular complexity index is 801. The Morgan fingerprint density at radius 2 is 1.85 bits per heavy atom. The Hall–Kier alpha value is -2.69. The highest BCUT2D eigenvalue weighted by Crippen LogP contribution is 2.33. The summed E-state index contributed by atoms with van der Waals surface area (Å²) in [5.41, 5.74) is 2.23. The first kappa shape index (κ1) is 16.8. The molecule has 26 heavy (non-hydrogen) atoms. The summed E-state index contributed by atoms with van der Waals surface area (Å²) >= 11 is 0. The molecule has 0 N–H and O–H groups in total. The molecule has 0 radical (unpaired) electrons. The van der Waals surface area contributed by atoms with Crippen LogP contribution in [0, 0.1) is 0 Å². The molecule has 5 nitrogen and oxygen atoms in total. The summed E-state index contributed by atoms with van der Waals surface area (Å²) in [6, 6.07) is 15.9. The van der Waals surface area contributed by atoms with Crippen LogP contribution in [0.25, 0.3) is 0 Å². The first-order valence-electron chi connectivity index (χ1n) is 9.16. The van der Waals surface area contributed by atoms with Gasteiger partial charge in [0.2, 0.25) is 0 Å². The molecule has 2 aromatic rings. The fourth-order valence-electron chi connectivity index (χ4n) is 3.52. The summed E-state index contributed by atoms with van der Waals surface area (Å²) in [5.74, 6) is 1.73. The molecule has 2 aliphatic rings. The number of carbonyl (C=O) groups is 1. The second kappa shape index (κ2) is 6.90. The summed E-state index contributed by atoms with van der Waals surface area (Å²) in [7, 11) is 1.99. The number of nitrogens with zero attached hydrogens (tertiary/aromatic N) is 2. The van der Waals surface area contributed by atoms with Crippen molar-refractivity contribution in [2.75, 3.05) is 31.6 Å². The normalized spacial score (nSPS) is 19.4. The summed E-state index contributed by atoms with van der Waals surface area (Å²) in [6.07, 6.45) is 0.534. The van der Waals surface area contributed by atoms with Gasteiger partial charge in [-0.05, 0) is 30.2 Å². The standard InChI is InChI=1S/C21H24N2O3/c1-3-15-8-4-6-10-18(15)25-16-12-23(13-16)21(24)20-14-22(2)17-9-5-7-11-19(17)26-20/h4-11,16,20H,3,12-14H2,1-2H3. The van der Waals surface area contributed by atoms with Crippen molar-refractivity contribution >= 4 is 11.6 Å². The number of fused-ring (bicyclic) bond motifs is 1. The van der Waals surface area contributed by atoms with Crippen molar-refractivity contribution in [1.82, 2.24) is 4.90 Å². The molecule has 2 aliphatic heterocycles. The lowest BCUT2D eigenvalue weighted by atomic mass is 10.1. The Balaban J connectivity index is 1.35. The van der Waals surface area contributed by atoms with Crippen LogP contribution >= 0.6 is 0 Å². The predicted molar refractivity (Wildman–Crippen MR) is 101 cm³/mol. The third kappa shape index (κ3) is 3.09. The molecule has 0 spiro atoms. The van der Waals surface area contributed by atoms with Crippen molar-refractivity contribution < 1.29 is 14.3 Å². The van der Waals surface area contributed by atoms with Gasteiger partial charge in [0.25, 0.3) is 5.91 Å². The van der Waals surface area contributed by atoms with Crippen molar-refractivity contribution in [3.05, 3.63) is 54.1 Å². The number of amides is 1. The summed E-state index contributed by atoms with van der Waals surface area (Å²) in [4.78, 5) is 16.7. The maximum absolute atomic E-state index is 12.8. The van der Waals surface area contributed by atoms with Crippen LogP contribution in [0.4, 0.5) is 5.69 Å². The third-order valence-electron chi connectivity index (χ3n) is 5.07. The lowest BCUT2D eigenvalue weighted by molar-refractivity contribution is -0.147. The van der Waals surface area contributed by atoms with E-state index in [0.717, 1.165) is 23.6 Å². The van der Waals surface area contributed by atoms with E-state index in [4.69, 9.17) is 9.47 Å². The van der Waals surface area contributed by atoms with Crippen LogP contribution in [-0.2, 0) is 11.2 Å². The van der Waals surface area contributed by atoms with Crippen molar-refractivity contribution in [2.24, 2.45) is 0 Å². The smallest absolute Gasteiger partial charge is 0.265 e. The van der Waals surface area contributed by atoms with E-state index in [1.807, 2.05) is 54.4 Å². The molecule has 1 unspecified atom stereocenters. The lowest BCUT2D eigenvalue weighted by Gasteiger charge is -2.42. The first-order chi connectivity index (χ1) is 12.7. The highest BCUT2D eigenvalue weighted by Gasteiger charge is 2.39. The topological polar surface area (TPSA) is 42.0 Å². The van der Waals surface area contributed by atoms with Gasteiger partial charge in [-0.3, -0.25) is 4.79 Å². The minimum absolute atomic E-state index is 0.0370. The highest BCUT2D eigenvalue weighted by atomic mass is 16.5. The number of carbonyl (C=O) groups excluding carboxylic acids is 1. The van der Waals surface area contributed by atoms with Crippen molar-refractivity contribution in [3.63, 3.8) is 0 Å². The Kier molecular flexibility index (Phi) is 4.45. The van der Waals surface area contributed by atoms with Gasteiger partial charge < -0.3 is 19.3 Å². The molecule has 5 heteroatoms. The number of anilines is 1. The molecule has 136 valence electrons. The monoisotopic (exact) mass is 352 g/mol. The zero-order valence-electron chi connectivity index (χ0n) is 15.2. The van der Waals surface area contributed by atoms with Gasteiger partial charge in [-0.1, -0.05) is 37.3 Å². The molecule has 2 aromatic carbocycles. The minimum atomic E-state index is -0.459. The molecular formula is C21H24N2O3. The van der Waals surface area contributed by atoms with Gasteiger partial charge in [0, 0.05) is 7.05 Å². The number of hydrogen-bond acceptors (Lipinski definition) is 4. The van der Waals surface area contributed by atoms with E-state index in [2.05, 4.69) is 17.9 Å². The SMILES string of the molecule is CCc1ccccc1OC1CN(C(=O)C2CN(C)c3ccccc3O2)C1. The van der Waals surface area contributed by atoms with Crippen LogP contribution in [-0.4, -0.2) is 49.7 Å². The summed E-state index contributed by atoms with van der Waals surface area (Å²) < 4.78 is 12.0. The molecule has 1 amide bonds. The molecule has 1 atom stereocenters. The zero-order valence-corrected chi connectivity index (χ0v) is 15.2. The zero-order chi connectivity index (χ0) is 18.1. The van der Waals surface area contributed by atoms with Crippen LogP contribution < -0.4 is 14.4 Å². The van der Waals surface area contributed by atoms with E-state index < -0.39 is 6.10 Å². The number of rotatable bonds is 4. The van der Waals surface area contributed by atoms with Crippen LogP contribution in [0.5, 0.6) is 11.5 Å². The fourth-order valence-corrected chi connectivity index (χ4v) is 3.52. The largest absolute Gasteiger partial charge is 0.486 e. The average Bonchev–Trinajstić information content (AvgIpc) is 2.64. The van der Waals surface area contributed by atoms with E-state index in [1.54, 1.807) is 0 Å². The van der Waals surface area contributed by atoms with Gasteiger partial charge in [0.1, 0.15) is 17.6 Å². The molecular weight excluding hydrogens is 328 g/mol. The van der Waals surface area contributed by atoms with Gasteiger partial charge in [-0.25, -0.2) is 0 Å². The molecule has 0 aromatic heterocycles. The second-order valence-electron chi connectivity index (χ2n) is 6.90. The number of aryl methyl sites for hydroxylation is 1. The van der Waals surface area contributed by atoms with E-state index in [9.17, 15) is 4.79 Å². The van der Waals surface area contributed by atoms with Crippen molar-refractivity contribution in [1.29, 1.82) is 0 Å². The number of para-hydroxylation sites is 3. The number of likely N-dealkylation sites (N-methyl/N-ethyl adjacent to an activating group) is 1. The van der Waals surface area contributed by atoms with E-state index in [0.29, 0.717) is 19.6 Å². The molecule has 0 aliphatic carbocycles. The van der Waals surface area contributed by atoms with Crippen molar-refractivity contribution in [3.8, 4) is 11.5 Å². The minimum Gasteiger partial charge on any atom is -0.486 e. The first-order valence-corrected chi connectivity index (χ1v) is 9.16. The Morgan fingerprint density at radius 3 is 2.65 bits per heavy atom. The van der Waals surface area contributed by atoms with Gasteiger partial charge >= 0.3 is 0 Å². The maximum Gasteiger partial charge on any atom is 0.265 e. The fraction of sp³-hybridized carbons (Fsp3) is 0.381. The molecule has 4 rings (SSSR count). The molecule has 1 saturated heterocycles. The summed E-state index contributed by atoms with van der Waals surface area (Å²) in [6.45, 7) is 3.91. The Labute approximate surface area is 154 Å². The van der Waals surface area contributed by atoms with Gasteiger partial charge in [-0.2, -0.15) is 0 Å². The van der Waals surface area contributed by atoms with Crippen LogP contribution in [0.2, 0.25) is 0 Å². The highest BCUT2D eigenvalue weighted by molar-refractivity contribution is 5.84. The number of ether oxygens (including phenoxy) is 2. The lowest BCUT2D eigenvalue weighted by Crippen LogP contribution is -2.61. The number of benzene rings is 2. The van der Waals surface area contributed by atoms with Crippen LogP contribution in [0.1, 0.15) is 12.5 Å². The van der Waals surface area contributed by atoms with Crippen LogP contribution in [0.3, 0.4) is 0 Å². The predicted octanol–water partition coefficient (Wildman–Crippen LogP) is 2.74. The van der Waals surface area contributed by atoms with Crippen molar-refractivity contribution in [2.45, 2.75) is 25.6 Å². The van der Waals surface area contributed by atoms with Gasteiger partial charge in [0.05, 0.1) is 25.3 Å². The third-order valence-corrected chi connectivity index (χ3v) is 5.07. The van der Waals surface area contributed by atoms with Gasteiger partial charge in [-0.15, -0.1) is 0 Å². The van der Waals surface area contributed by atoms with Gasteiger partial charge in [0.15, 0.2) is 6.10 Å². The molecule has 2 heterocycles. The average molecular weight is 352 g/mol. The quantitative estimate of drug-likeness (QED) is 0.849. The van der Waals surface area contributed by atoms with E-state index in [-0.39, 0.29) is 12.0 Å². The second-order valence-corrected chi connectivity index (χ2v) is 6.90. The Morgan fingerprint density at radius 1 is 1.12 bits per heavy atom. The molecule has 0 bridgehead atoms. The van der Waals surface area contributed by atoms with E-state index >= 15 is 0 Å². The molecule has 0 saturated carbocycles.